The van der Waals surface area contributed by atoms with E-state index in [-0.39, 0.29) is 72.8 Å². The molecule has 0 N–H and O–H groups in total. The van der Waals surface area contributed by atoms with E-state index in [0.29, 0.717) is 6.19 Å². The average Bonchev–Trinajstić information content (AvgIpc) is 2.18. The van der Waals surface area contributed by atoms with Crippen molar-refractivity contribution in [2.45, 2.75) is 35.1 Å². The monoisotopic (exact) mass is 403 g/mol. The van der Waals surface area contributed by atoms with Crippen LogP contribution in [0.15, 0.2) is 15.6 Å². The predicted molar refractivity (Wildman–Crippen MR) is 75.1 cm³/mol. The standard InChI is InChI=1S/C7H12N.C5H10N2.CH4.2Y/c1-6(2)5-7(3)8-4;1-4-7(3)5-6-2;;;/h1-4H3;4H,1-3H3;1H4;;/q-1;;;;/i;4D;;;. The van der Waals surface area contributed by atoms with Crippen LogP contribution < -0.4 is 0 Å². The Labute approximate surface area is 166 Å². The molecule has 3 nitrogen and oxygen atoms in total. The molecular weight excluding hydrogens is 376 g/mol. The van der Waals surface area contributed by atoms with Crippen molar-refractivity contribution in [1.29, 1.82) is 0 Å². The third kappa shape index (κ3) is 30.2. The van der Waals surface area contributed by atoms with E-state index in [9.17, 15) is 0 Å². The number of aliphatic imine (C=N–C) groups is 2. The van der Waals surface area contributed by atoms with Gasteiger partial charge in [0, 0.05) is 79.5 Å². The molecule has 0 aliphatic carbocycles. The molecule has 0 aromatic heterocycles. The largest absolute Gasteiger partial charge is 0.452 e. The zero-order chi connectivity index (χ0) is 13.1. The molecule has 0 aliphatic rings. The number of hydrogen-bond acceptors (Lipinski definition) is 2. The van der Waals surface area contributed by atoms with Crippen molar-refractivity contribution < 1.29 is 71.4 Å². The Kier molecular flexibility index (Phi) is 35.0. The van der Waals surface area contributed by atoms with Crippen LogP contribution >= 0.6 is 0 Å². The van der Waals surface area contributed by atoms with Crippen LogP contribution in [0, 0.1) is 6.08 Å². The van der Waals surface area contributed by atoms with Gasteiger partial charge in [0.2, 0.25) is 0 Å². The van der Waals surface area contributed by atoms with Gasteiger partial charge in [-0.25, -0.2) is 0 Å². The van der Waals surface area contributed by atoms with Crippen molar-refractivity contribution in [3.05, 3.63) is 11.6 Å². The van der Waals surface area contributed by atoms with E-state index in [1.165, 1.54) is 10.1 Å². The zero-order valence-corrected chi connectivity index (χ0v) is 17.7. The molecule has 0 aromatic rings. The minimum Gasteiger partial charge on any atom is -0.452 e. The van der Waals surface area contributed by atoms with Crippen LogP contribution in [0.25, 0.3) is 0 Å². The van der Waals surface area contributed by atoms with Gasteiger partial charge < -0.3 is 15.6 Å². The van der Waals surface area contributed by atoms with Gasteiger partial charge in [-0.15, -0.1) is 5.71 Å². The summed E-state index contributed by atoms with van der Waals surface area (Å²) in [5.41, 5.74) is 2.14. The van der Waals surface area contributed by atoms with Crippen molar-refractivity contribution >= 4 is 18.2 Å². The molecule has 0 atom stereocenters. The van der Waals surface area contributed by atoms with E-state index in [2.05, 4.69) is 22.4 Å². The quantitative estimate of drug-likeness (QED) is 0.223. The van der Waals surface area contributed by atoms with Crippen LogP contribution in [0.3, 0.4) is 0 Å². The van der Waals surface area contributed by atoms with Crippen molar-refractivity contribution in [2.75, 3.05) is 21.1 Å². The molecule has 0 unspecified atom stereocenters. The summed E-state index contributed by atoms with van der Waals surface area (Å²) in [6.07, 6.45) is 6.08. The van der Waals surface area contributed by atoms with E-state index >= 15 is 0 Å². The fourth-order valence-electron chi connectivity index (χ4n) is 0.618. The molecule has 5 heteroatoms. The van der Waals surface area contributed by atoms with Gasteiger partial charge in [-0.2, -0.15) is 4.99 Å². The van der Waals surface area contributed by atoms with Gasteiger partial charge in [0.15, 0.2) is 6.34 Å². The third-order valence-corrected chi connectivity index (χ3v) is 1.35. The van der Waals surface area contributed by atoms with E-state index in [0.717, 1.165) is 5.71 Å². The Balaban J connectivity index is -0.0000000594. The molecule has 0 heterocycles. The maximum Gasteiger partial charge on any atom is 0.175 e. The van der Waals surface area contributed by atoms with Gasteiger partial charge in [-0.1, -0.05) is 41.3 Å². The molecule has 0 aliphatic heterocycles. The number of nitrogens with zero attached hydrogens (tertiary/aromatic N) is 3. The summed E-state index contributed by atoms with van der Waals surface area (Å²) in [5, 5.41) is 0. The minimum absolute atomic E-state index is 0. The minimum atomic E-state index is 0. The van der Waals surface area contributed by atoms with Crippen LogP contribution in [0.5, 0.6) is 0 Å². The van der Waals surface area contributed by atoms with E-state index in [4.69, 9.17) is 1.37 Å². The van der Waals surface area contributed by atoms with Crippen LogP contribution in [0.2, 0.25) is 0 Å². The van der Waals surface area contributed by atoms with Gasteiger partial charge in [-0.05, 0) is 1.37 Å². The van der Waals surface area contributed by atoms with E-state index < -0.39 is 0 Å². The maximum atomic E-state index is 7.01. The van der Waals surface area contributed by atoms with E-state index in [1.54, 1.807) is 28.1 Å². The van der Waals surface area contributed by atoms with Crippen molar-refractivity contribution in [1.82, 2.24) is 0 Å². The predicted octanol–water partition coefficient (Wildman–Crippen LogP) is 2.73. The summed E-state index contributed by atoms with van der Waals surface area (Å²) in [7, 11) is 5.13. The Bertz CT molecular complexity index is 314. The van der Waals surface area contributed by atoms with Gasteiger partial charge >= 0.3 is 0 Å². The normalized spacial score (nSPS) is 11.5. The molecule has 2 radical (unpaired) electrons. The van der Waals surface area contributed by atoms with Crippen LogP contribution in [-0.2, 0) is 65.4 Å². The summed E-state index contributed by atoms with van der Waals surface area (Å²) >= 11 is 0. The molecular formula is C13H26N3Y2-. The second-order valence-corrected chi connectivity index (χ2v) is 3.04. The second kappa shape index (κ2) is 23.1. The SMILES string of the molecule is C.CN=C(C)[C-]=C(C)C.[2H]C(C)=[N+](C)[C-]=NC.[Y].[Y]. The Morgan fingerprint density at radius 2 is 1.67 bits per heavy atom. The fourth-order valence-corrected chi connectivity index (χ4v) is 0.618. The summed E-state index contributed by atoms with van der Waals surface area (Å²) < 4.78 is 8.52. The fraction of sp³-hybridized carbons (Fsp3) is 0.615. The van der Waals surface area contributed by atoms with Gasteiger partial charge in [0.25, 0.3) is 0 Å². The van der Waals surface area contributed by atoms with Crippen LogP contribution in [0.1, 0.15) is 36.5 Å². The average molecular weight is 403 g/mol. The van der Waals surface area contributed by atoms with E-state index in [1.807, 2.05) is 20.8 Å². The van der Waals surface area contributed by atoms with Gasteiger partial charge in [0.05, 0.1) is 7.05 Å². The molecule has 0 amide bonds. The Hall–Kier alpha value is 0.958. The first-order chi connectivity index (χ1) is 7.34. The summed E-state index contributed by atoms with van der Waals surface area (Å²) in [5.74, 6) is 0. The molecule has 0 spiro atoms. The van der Waals surface area contributed by atoms with Crippen molar-refractivity contribution in [2.24, 2.45) is 9.98 Å². The smallest absolute Gasteiger partial charge is 0.175 e. The summed E-state index contributed by atoms with van der Waals surface area (Å²) in [6, 6.07) is 0. The molecule has 0 bridgehead atoms. The summed E-state index contributed by atoms with van der Waals surface area (Å²) in [6.45, 7) is 7.63. The Morgan fingerprint density at radius 3 is 1.78 bits per heavy atom. The third-order valence-electron chi connectivity index (χ3n) is 1.35. The first-order valence-corrected chi connectivity index (χ1v) is 4.74. The zero-order valence-electron chi connectivity index (χ0n) is 13.0. The first kappa shape index (κ1) is 27.3. The Morgan fingerprint density at radius 1 is 1.22 bits per heavy atom. The maximum absolute atomic E-state index is 7.01. The van der Waals surface area contributed by atoms with Crippen molar-refractivity contribution in [3.8, 4) is 0 Å². The summed E-state index contributed by atoms with van der Waals surface area (Å²) in [4.78, 5) is 7.51. The molecule has 0 aromatic carbocycles. The molecule has 0 saturated heterocycles. The second-order valence-electron chi connectivity index (χ2n) is 3.04. The molecule has 18 heavy (non-hydrogen) atoms. The van der Waals surface area contributed by atoms with Crippen LogP contribution in [-0.4, -0.2) is 44.0 Å². The van der Waals surface area contributed by atoms with Crippen molar-refractivity contribution in [3.63, 3.8) is 0 Å². The number of rotatable bonds is 2. The molecule has 0 saturated carbocycles. The van der Waals surface area contributed by atoms with Gasteiger partial charge in [-0.3, -0.25) is 5.57 Å². The van der Waals surface area contributed by atoms with Crippen LogP contribution in [0.4, 0.5) is 0 Å². The topological polar surface area (TPSA) is 27.7 Å². The molecule has 0 fully saturated rings. The first-order valence-electron chi connectivity index (χ1n) is 5.24. The number of hydrogen-bond donors (Lipinski definition) is 0. The molecule has 100 valence electrons. The van der Waals surface area contributed by atoms with Gasteiger partial charge in [0.1, 0.15) is 0 Å². The number of allylic oxidation sites excluding steroid dienone is 2. The molecule has 0 rings (SSSR count).